The normalized spacial score (nSPS) is 12.4. The average molecular weight is 257 g/mol. The van der Waals surface area contributed by atoms with E-state index < -0.39 is 6.10 Å². The lowest BCUT2D eigenvalue weighted by Crippen LogP contribution is -2.36. The number of amides is 1. The molecule has 1 heterocycles. The minimum Gasteiger partial charge on any atom is -0.383 e. The highest BCUT2D eigenvalue weighted by Crippen LogP contribution is 2.01. The summed E-state index contributed by atoms with van der Waals surface area (Å²) in [5.74, 6) is 0.497. The van der Waals surface area contributed by atoms with E-state index in [9.17, 15) is 9.90 Å². The number of hydrogen-bond donors (Lipinski definition) is 2. The highest BCUT2D eigenvalue weighted by molar-refractivity contribution is 7.98. The van der Waals surface area contributed by atoms with Crippen molar-refractivity contribution in [2.24, 2.45) is 7.05 Å². The van der Waals surface area contributed by atoms with Crippen LogP contribution in [0.15, 0.2) is 12.3 Å². The Morgan fingerprint density at radius 2 is 2.47 bits per heavy atom. The summed E-state index contributed by atoms with van der Waals surface area (Å²) in [7, 11) is 1.87. The topological polar surface area (TPSA) is 67.2 Å². The van der Waals surface area contributed by atoms with E-state index >= 15 is 0 Å². The Hall–Kier alpha value is -1.01. The molecule has 1 rings (SSSR count). The predicted molar refractivity (Wildman–Crippen MR) is 68.9 cm³/mol. The highest BCUT2D eigenvalue weighted by Gasteiger charge is 2.13. The molecule has 0 aliphatic carbocycles. The molecular weight excluding hydrogens is 238 g/mol. The number of thioether (sulfide) groups is 1. The molecule has 0 aromatic carbocycles. The molecule has 0 aliphatic heterocycles. The van der Waals surface area contributed by atoms with Gasteiger partial charge in [0.25, 0.3) is 0 Å². The Labute approximate surface area is 106 Å². The molecule has 0 saturated carbocycles. The molecule has 0 fully saturated rings. The van der Waals surface area contributed by atoms with Gasteiger partial charge in [0.1, 0.15) is 6.10 Å². The first-order chi connectivity index (χ1) is 8.15. The SMILES string of the molecule is CSCC[C@@H](O)C(=O)NCCc1ccnn1C. The number of hydrogen-bond acceptors (Lipinski definition) is 4. The number of aromatic nitrogens is 2. The minimum atomic E-state index is -0.894. The quantitative estimate of drug-likeness (QED) is 0.732. The van der Waals surface area contributed by atoms with Gasteiger partial charge in [-0.1, -0.05) is 0 Å². The van der Waals surface area contributed by atoms with E-state index in [-0.39, 0.29) is 5.91 Å². The Balaban J connectivity index is 2.22. The van der Waals surface area contributed by atoms with Crippen LogP contribution in [-0.4, -0.2) is 45.5 Å². The van der Waals surface area contributed by atoms with Crippen LogP contribution in [0.2, 0.25) is 0 Å². The van der Waals surface area contributed by atoms with Gasteiger partial charge in [-0.05, 0) is 24.5 Å². The number of nitrogens with zero attached hydrogens (tertiary/aromatic N) is 2. The summed E-state index contributed by atoms with van der Waals surface area (Å²) in [6, 6.07) is 1.91. The summed E-state index contributed by atoms with van der Waals surface area (Å²) in [4.78, 5) is 11.5. The highest BCUT2D eigenvalue weighted by atomic mass is 32.2. The Kier molecular flexibility index (Phi) is 6.07. The van der Waals surface area contributed by atoms with E-state index in [0.29, 0.717) is 13.0 Å². The summed E-state index contributed by atoms with van der Waals surface area (Å²) >= 11 is 1.62. The fraction of sp³-hybridized carbons (Fsp3) is 0.636. The molecule has 5 nitrogen and oxygen atoms in total. The van der Waals surface area contributed by atoms with Gasteiger partial charge in [-0.25, -0.2) is 0 Å². The summed E-state index contributed by atoms with van der Waals surface area (Å²) in [6.45, 7) is 0.523. The number of carbonyl (C=O) groups is 1. The van der Waals surface area contributed by atoms with Gasteiger partial charge in [0.2, 0.25) is 5.91 Å². The standard InChI is InChI=1S/C11H19N3O2S/c1-14-9(4-7-13-14)3-6-12-11(16)10(15)5-8-17-2/h4,7,10,15H,3,5-6,8H2,1-2H3,(H,12,16)/t10-/m1/s1. The number of rotatable bonds is 7. The summed E-state index contributed by atoms with van der Waals surface area (Å²) in [5.41, 5.74) is 1.06. The fourth-order valence-corrected chi connectivity index (χ4v) is 1.90. The smallest absolute Gasteiger partial charge is 0.248 e. The third-order valence-corrected chi connectivity index (χ3v) is 3.14. The molecule has 0 aliphatic rings. The third kappa shape index (κ3) is 4.79. The fourth-order valence-electron chi connectivity index (χ4n) is 1.44. The molecule has 1 aromatic rings. The molecule has 6 heteroatoms. The van der Waals surface area contributed by atoms with Crippen LogP contribution in [0.5, 0.6) is 0 Å². The molecule has 0 saturated heterocycles. The van der Waals surface area contributed by atoms with E-state index in [1.165, 1.54) is 0 Å². The Bertz CT molecular complexity index is 354. The number of aryl methyl sites for hydroxylation is 1. The van der Waals surface area contributed by atoms with Crippen molar-refractivity contribution in [1.82, 2.24) is 15.1 Å². The molecule has 0 radical (unpaired) electrons. The molecule has 2 N–H and O–H groups in total. The predicted octanol–water partition coefficient (Wildman–Crippen LogP) is 0.193. The van der Waals surface area contributed by atoms with Crippen LogP contribution in [0, 0.1) is 0 Å². The van der Waals surface area contributed by atoms with Crippen molar-refractivity contribution in [1.29, 1.82) is 0 Å². The van der Waals surface area contributed by atoms with Crippen LogP contribution in [0.4, 0.5) is 0 Å². The summed E-state index contributed by atoms with van der Waals surface area (Å²) in [6.07, 6.45) is 4.00. The van der Waals surface area contributed by atoms with Crippen molar-refractivity contribution < 1.29 is 9.90 Å². The molecule has 1 aromatic heterocycles. The van der Waals surface area contributed by atoms with Crippen LogP contribution in [-0.2, 0) is 18.3 Å². The maximum atomic E-state index is 11.5. The van der Waals surface area contributed by atoms with E-state index in [4.69, 9.17) is 0 Å². The zero-order valence-electron chi connectivity index (χ0n) is 10.2. The van der Waals surface area contributed by atoms with Crippen molar-refractivity contribution in [2.45, 2.75) is 18.9 Å². The lowest BCUT2D eigenvalue weighted by molar-refractivity contribution is -0.129. The van der Waals surface area contributed by atoms with Crippen molar-refractivity contribution in [3.8, 4) is 0 Å². The van der Waals surface area contributed by atoms with Crippen LogP contribution in [0.25, 0.3) is 0 Å². The van der Waals surface area contributed by atoms with Gasteiger partial charge >= 0.3 is 0 Å². The van der Waals surface area contributed by atoms with Crippen LogP contribution in [0.3, 0.4) is 0 Å². The van der Waals surface area contributed by atoms with Gasteiger partial charge in [-0.2, -0.15) is 16.9 Å². The van der Waals surface area contributed by atoms with Gasteiger partial charge in [-0.3, -0.25) is 9.48 Å². The second-order valence-corrected chi connectivity index (χ2v) is 4.77. The van der Waals surface area contributed by atoms with Gasteiger partial charge in [-0.15, -0.1) is 0 Å². The van der Waals surface area contributed by atoms with Crippen molar-refractivity contribution in [2.75, 3.05) is 18.6 Å². The number of nitrogens with one attached hydrogen (secondary N) is 1. The van der Waals surface area contributed by atoms with Crippen molar-refractivity contribution in [3.63, 3.8) is 0 Å². The van der Waals surface area contributed by atoms with E-state index in [1.807, 2.05) is 19.4 Å². The maximum absolute atomic E-state index is 11.5. The molecular formula is C11H19N3O2S. The number of aliphatic hydroxyl groups excluding tert-OH is 1. The monoisotopic (exact) mass is 257 g/mol. The van der Waals surface area contributed by atoms with Crippen molar-refractivity contribution >= 4 is 17.7 Å². The molecule has 0 spiro atoms. The molecule has 1 atom stereocenters. The lowest BCUT2D eigenvalue weighted by atomic mass is 10.2. The molecule has 1 amide bonds. The minimum absolute atomic E-state index is 0.291. The molecule has 0 bridgehead atoms. The van der Waals surface area contributed by atoms with Gasteiger partial charge < -0.3 is 10.4 Å². The maximum Gasteiger partial charge on any atom is 0.248 e. The first-order valence-corrected chi connectivity index (χ1v) is 6.96. The van der Waals surface area contributed by atoms with Crippen LogP contribution >= 0.6 is 11.8 Å². The van der Waals surface area contributed by atoms with Crippen LogP contribution < -0.4 is 5.32 Å². The summed E-state index contributed by atoms with van der Waals surface area (Å²) in [5, 5.41) is 16.3. The summed E-state index contributed by atoms with van der Waals surface area (Å²) < 4.78 is 1.77. The van der Waals surface area contributed by atoms with Gasteiger partial charge in [0.05, 0.1) is 0 Å². The average Bonchev–Trinajstić information content (AvgIpc) is 2.72. The van der Waals surface area contributed by atoms with Gasteiger partial charge in [0, 0.05) is 31.9 Å². The first-order valence-electron chi connectivity index (χ1n) is 5.56. The Morgan fingerprint density at radius 3 is 3.06 bits per heavy atom. The zero-order valence-corrected chi connectivity index (χ0v) is 11.0. The molecule has 0 unspecified atom stereocenters. The number of carbonyl (C=O) groups excluding carboxylic acids is 1. The Morgan fingerprint density at radius 1 is 1.71 bits per heavy atom. The lowest BCUT2D eigenvalue weighted by Gasteiger charge is -2.10. The van der Waals surface area contributed by atoms with Gasteiger partial charge in [0.15, 0.2) is 0 Å². The molecule has 17 heavy (non-hydrogen) atoms. The largest absolute Gasteiger partial charge is 0.383 e. The first kappa shape index (κ1) is 14.1. The van der Waals surface area contributed by atoms with E-state index in [0.717, 1.165) is 17.9 Å². The second-order valence-electron chi connectivity index (χ2n) is 3.78. The van der Waals surface area contributed by atoms with Crippen molar-refractivity contribution in [3.05, 3.63) is 18.0 Å². The van der Waals surface area contributed by atoms with E-state index in [1.54, 1.807) is 22.6 Å². The third-order valence-electron chi connectivity index (χ3n) is 2.50. The molecule has 96 valence electrons. The second kappa shape index (κ2) is 7.34. The zero-order chi connectivity index (χ0) is 12.7. The van der Waals surface area contributed by atoms with E-state index in [2.05, 4.69) is 10.4 Å². The number of aliphatic hydroxyl groups is 1. The van der Waals surface area contributed by atoms with Crippen LogP contribution in [0.1, 0.15) is 12.1 Å².